The number of nitrogens with zero attached hydrogens (tertiary/aromatic N) is 2. The minimum absolute atomic E-state index is 0.00964. The van der Waals surface area contributed by atoms with E-state index in [4.69, 9.17) is 33.7 Å². The van der Waals surface area contributed by atoms with Crippen LogP contribution in [-0.4, -0.2) is 9.97 Å². The second-order valence-electron chi connectivity index (χ2n) is 2.91. The van der Waals surface area contributed by atoms with E-state index in [2.05, 4.69) is 9.97 Å². The van der Waals surface area contributed by atoms with Gasteiger partial charge >= 0.3 is 0 Å². The maximum Gasteiger partial charge on any atom is 0.223 e. The molecule has 0 saturated carbocycles. The fourth-order valence-electron chi connectivity index (χ4n) is 1.10. The molecule has 0 saturated heterocycles. The lowest BCUT2D eigenvalue weighted by atomic mass is 10.3. The third kappa shape index (κ3) is 2.35. The molecule has 1 heterocycles. The highest BCUT2D eigenvalue weighted by Gasteiger charge is 2.12. The standard InChI is InChI=1S/C10H7Cl2N3O/c11-8-7(9(12)15-10(13)14-8)16-6-4-2-1-3-5-6/h1-5H,(H2,13,14,15). The van der Waals surface area contributed by atoms with Crippen LogP contribution in [0.1, 0.15) is 0 Å². The van der Waals surface area contributed by atoms with Gasteiger partial charge in [0.25, 0.3) is 0 Å². The van der Waals surface area contributed by atoms with Crippen LogP contribution < -0.4 is 10.5 Å². The summed E-state index contributed by atoms with van der Waals surface area (Å²) >= 11 is 11.7. The maximum absolute atomic E-state index is 5.84. The number of aromatic nitrogens is 2. The SMILES string of the molecule is Nc1nc(Cl)c(Oc2ccccc2)c(Cl)n1. The Morgan fingerprint density at radius 2 is 1.56 bits per heavy atom. The Bertz CT molecular complexity index is 482. The molecule has 0 bridgehead atoms. The van der Waals surface area contributed by atoms with E-state index in [1.54, 1.807) is 12.1 Å². The molecule has 0 aliphatic rings. The number of benzene rings is 1. The van der Waals surface area contributed by atoms with Gasteiger partial charge in [0.1, 0.15) is 5.75 Å². The summed E-state index contributed by atoms with van der Waals surface area (Å²) in [5, 5.41) is 0.169. The minimum Gasteiger partial charge on any atom is -0.451 e. The summed E-state index contributed by atoms with van der Waals surface area (Å²) in [6.45, 7) is 0. The summed E-state index contributed by atoms with van der Waals surface area (Å²) in [4.78, 5) is 7.51. The zero-order valence-electron chi connectivity index (χ0n) is 8.02. The fraction of sp³-hybridized carbons (Fsp3) is 0. The van der Waals surface area contributed by atoms with Crippen LogP contribution in [0.25, 0.3) is 0 Å². The molecule has 1 aromatic heterocycles. The van der Waals surface area contributed by atoms with Crippen LogP contribution in [0.4, 0.5) is 5.95 Å². The average Bonchev–Trinajstić information content (AvgIpc) is 2.25. The smallest absolute Gasteiger partial charge is 0.223 e. The zero-order chi connectivity index (χ0) is 11.5. The van der Waals surface area contributed by atoms with Crippen LogP contribution in [-0.2, 0) is 0 Å². The lowest BCUT2D eigenvalue weighted by Crippen LogP contribution is -1.98. The van der Waals surface area contributed by atoms with Crippen LogP contribution in [0.2, 0.25) is 10.3 Å². The van der Waals surface area contributed by atoms with Gasteiger partial charge in [-0.1, -0.05) is 41.4 Å². The van der Waals surface area contributed by atoms with Gasteiger partial charge in [0.05, 0.1) is 0 Å². The van der Waals surface area contributed by atoms with Crippen molar-refractivity contribution in [2.24, 2.45) is 0 Å². The number of hydrogen-bond acceptors (Lipinski definition) is 4. The summed E-state index contributed by atoms with van der Waals surface area (Å²) in [5.41, 5.74) is 5.38. The molecule has 4 nitrogen and oxygen atoms in total. The number of nitrogen functional groups attached to an aromatic ring is 1. The van der Waals surface area contributed by atoms with Gasteiger partial charge in [-0.25, -0.2) is 0 Å². The Hall–Kier alpha value is -1.52. The topological polar surface area (TPSA) is 61.0 Å². The van der Waals surface area contributed by atoms with Crippen molar-refractivity contribution in [3.05, 3.63) is 40.6 Å². The second kappa shape index (κ2) is 4.55. The lowest BCUT2D eigenvalue weighted by Gasteiger charge is -2.08. The molecular formula is C10H7Cl2N3O. The second-order valence-corrected chi connectivity index (χ2v) is 3.62. The summed E-state index contributed by atoms with van der Waals surface area (Å²) in [5.74, 6) is 0.804. The fourth-order valence-corrected chi connectivity index (χ4v) is 1.58. The Balaban J connectivity index is 2.35. The molecule has 1 aromatic carbocycles. The van der Waals surface area contributed by atoms with Gasteiger partial charge in [0.15, 0.2) is 10.3 Å². The number of anilines is 1. The van der Waals surface area contributed by atoms with Crippen molar-refractivity contribution in [3.8, 4) is 11.5 Å². The van der Waals surface area contributed by atoms with Crippen molar-refractivity contribution in [2.45, 2.75) is 0 Å². The largest absolute Gasteiger partial charge is 0.451 e. The molecule has 2 N–H and O–H groups in total. The molecule has 0 radical (unpaired) electrons. The molecule has 2 rings (SSSR count). The molecule has 16 heavy (non-hydrogen) atoms. The van der Waals surface area contributed by atoms with Crippen molar-refractivity contribution < 1.29 is 4.74 Å². The highest BCUT2D eigenvalue weighted by Crippen LogP contribution is 2.33. The molecule has 6 heteroatoms. The molecular weight excluding hydrogens is 249 g/mol. The summed E-state index contributed by atoms with van der Waals surface area (Å²) in [7, 11) is 0. The summed E-state index contributed by atoms with van der Waals surface area (Å²) < 4.78 is 5.45. The van der Waals surface area contributed by atoms with Crippen molar-refractivity contribution in [1.29, 1.82) is 0 Å². The highest BCUT2D eigenvalue weighted by molar-refractivity contribution is 6.35. The normalized spacial score (nSPS) is 10.1. The van der Waals surface area contributed by atoms with Gasteiger partial charge < -0.3 is 10.5 Å². The van der Waals surface area contributed by atoms with Crippen LogP contribution >= 0.6 is 23.2 Å². The maximum atomic E-state index is 5.84. The third-order valence-electron chi connectivity index (χ3n) is 1.76. The van der Waals surface area contributed by atoms with Gasteiger partial charge in [0, 0.05) is 0 Å². The highest BCUT2D eigenvalue weighted by atomic mass is 35.5. The Kier molecular flexibility index (Phi) is 3.12. The van der Waals surface area contributed by atoms with Crippen molar-refractivity contribution >= 4 is 29.2 Å². The zero-order valence-corrected chi connectivity index (χ0v) is 9.53. The molecule has 0 amide bonds. The van der Waals surface area contributed by atoms with Crippen molar-refractivity contribution in [3.63, 3.8) is 0 Å². The monoisotopic (exact) mass is 255 g/mol. The van der Waals surface area contributed by atoms with E-state index >= 15 is 0 Å². The third-order valence-corrected chi connectivity index (χ3v) is 2.28. The molecule has 82 valence electrons. The van der Waals surface area contributed by atoms with E-state index in [1.807, 2.05) is 18.2 Å². The Morgan fingerprint density at radius 3 is 2.12 bits per heavy atom. The number of ether oxygens (including phenoxy) is 1. The van der Waals surface area contributed by atoms with Gasteiger partial charge in [-0.05, 0) is 12.1 Å². The van der Waals surface area contributed by atoms with E-state index in [-0.39, 0.29) is 22.0 Å². The number of para-hydroxylation sites is 1. The Morgan fingerprint density at radius 1 is 1.00 bits per heavy atom. The first-order valence-electron chi connectivity index (χ1n) is 4.38. The van der Waals surface area contributed by atoms with Crippen molar-refractivity contribution in [2.75, 3.05) is 5.73 Å². The van der Waals surface area contributed by atoms with Crippen LogP contribution in [0.5, 0.6) is 11.5 Å². The molecule has 0 fully saturated rings. The first-order valence-corrected chi connectivity index (χ1v) is 5.14. The molecule has 0 aliphatic heterocycles. The van der Waals surface area contributed by atoms with E-state index in [0.29, 0.717) is 5.75 Å². The molecule has 0 atom stereocenters. The van der Waals surface area contributed by atoms with E-state index in [9.17, 15) is 0 Å². The van der Waals surface area contributed by atoms with E-state index in [0.717, 1.165) is 0 Å². The first-order chi connectivity index (χ1) is 7.66. The number of hydrogen-bond donors (Lipinski definition) is 1. The Labute approximate surface area is 102 Å². The summed E-state index contributed by atoms with van der Waals surface area (Å²) in [6, 6.07) is 9.06. The van der Waals surface area contributed by atoms with E-state index in [1.165, 1.54) is 0 Å². The van der Waals surface area contributed by atoms with Gasteiger partial charge in [0.2, 0.25) is 11.7 Å². The number of halogens is 2. The van der Waals surface area contributed by atoms with Crippen LogP contribution in [0.15, 0.2) is 30.3 Å². The van der Waals surface area contributed by atoms with Crippen LogP contribution in [0, 0.1) is 0 Å². The lowest BCUT2D eigenvalue weighted by molar-refractivity contribution is 0.478. The number of nitrogens with two attached hydrogens (primary N) is 1. The molecule has 0 unspecified atom stereocenters. The molecule has 0 aliphatic carbocycles. The van der Waals surface area contributed by atoms with Crippen molar-refractivity contribution in [1.82, 2.24) is 9.97 Å². The first kappa shape index (κ1) is 11.0. The molecule has 0 spiro atoms. The molecule has 2 aromatic rings. The van der Waals surface area contributed by atoms with E-state index < -0.39 is 0 Å². The predicted octanol–water partition coefficient (Wildman–Crippen LogP) is 3.16. The average molecular weight is 256 g/mol. The predicted molar refractivity (Wildman–Crippen MR) is 63.0 cm³/mol. The van der Waals surface area contributed by atoms with Gasteiger partial charge in [-0.3, -0.25) is 0 Å². The van der Waals surface area contributed by atoms with Gasteiger partial charge in [-0.15, -0.1) is 0 Å². The number of rotatable bonds is 2. The van der Waals surface area contributed by atoms with Gasteiger partial charge in [-0.2, -0.15) is 9.97 Å². The minimum atomic E-state index is 0.00964. The summed E-state index contributed by atoms with van der Waals surface area (Å²) in [6.07, 6.45) is 0. The van der Waals surface area contributed by atoms with Crippen LogP contribution in [0.3, 0.4) is 0 Å². The quantitative estimate of drug-likeness (QED) is 0.838.